The second-order valence-corrected chi connectivity index (χ2v) is 3.09. The molecule has 2 rings (SSSR count). The summed E-state index contributed by atoms with van der Waals surface area (Å²) in [6.07, 6.45) is 6.29. The smallest absolute Gasteiger partial charge is 0.136 e. The van der Waals surface area contributed by atoms with E-state index in [1.54, 1.807) is 18.6 Å². The molecule has 0 aliphatic heterocycles. The van der Waals surface area contributed by atoms with Crippen LogP contribution in [-0.4, -0.2) is 19.9 Å². The van der Waals surface area contributed by atoms with Crippen molar-refractivity contribution in [1.82, 2.24) is 19.9 Å². The van der Waals surface area contributed by atoms with Crippen LogP contribution in [0.1, 0.15) is 5.56 Å². The van der Waals surface area contributed by atoms with Gasteiger partial charge in [-0.15, -0.1) is 0 Å². The van der Waals surface area contributed by atoms with Crippen LogP contribution in [0.3, 0.4) is 0 Å². The van der Waals surface area contributed by atoms with Gasteiger partial charge in [-0.2, -0.15) is 0 Å². The summed E-state index contributed by atoms with van der Waals surface area (Å²) in [5, 5.41) is 0.445. The molecule has 0 saturated heterocycles. The zero-order valence-corrected chi connectivity index (χ0v) is 8.23. The van der Waals surface area contributed by atoms with E-state index in [0.717, 1.165) is 11.3 Å². The van der Waals surface area contributed by atoms with E-state index in [1.807, 2.05) is 6.92 Å². The minimum Gasteiger partial charge on any atom is -0.261 e. The van der Waals surface area contributed by atoms with Crippen LogP contribution in [-0.2, 0) is 0 Å². The Balaban J connectivity index is 2.58. The molecular formula is C9H7ClN4. The average molecular weight is 207 g/mol. The summed E-state index contributed by atoms with van der Waals surface area (Å²) in [6, 6.07) is 0. The number of rotatable bonds is 1. The topological polar surface area (TPSA) is 51.6 Å². The Morgan fingerprint density at radius 3 is 2.71 bits per heavy atom. The first-order valence-corrected chi connectivity index (χ1v) is 4.40. The van der Waals surface area contributed by atoms with E-state index >= 15 is 0 Å². The van der Waals surface area contributed by atoms with Crippen molar-refractivity contribution in [3.05, 3.63) is 35.6 Å². The first-order valence-electron chi connectivity index (χ1n) is 4.02. The highest BCUT2D eigenvalue weighted by Gasteiger charge is 2.07. The monoisotopic (exact) mass is 206 g/mol. The highest BCUT2D eigenvalue weighted by Crippen LogP contribution is 2.21. The summed E-state index contributed by atoms with van der Waals surface area (Å²) in [6.45, 7) is 1.85. The lowest BCUT2D eigenvalue weighted by Gasteiger charge is -2.03. The molecular weight excluding hydrogens is 200 g/mol. The minimum atomic E-state index is 0.445. The van der Waals surface area contributed by atoms with E-state index in [1.165, 1.54) is 6.33 Å². The fourth-order valence-corrected chi connectivity index (χ4v) is 1.24. The van der Waals surface area contributed by atoms with Crippen LogP contribution in [0.15, 0.2) is 24.9 Å². The van der Waals surface area contributed by atoms with Crippen molar-refractivity contribution in [2.24, 2.45) is 0 Å². The molecule has 2 aromatic heterocycles. The van der Waals surface area contributed by atoms with Crippen LogP contribution in [0, 0.1) is 6.92 Å². The van der Waals surface area contributed by atoms with Crippen LogP contribution < -0.4 is 0 Å². The van der Waals surface area contributed by atoms with Gasteiger partial charge in [0.25, 0.3) is 0 Å². The van der Waals surface area contributed by atoms with E-state index in [9.17, 15) is 0 Å². The third-order valence-corrected chi connectivity index (χ3v) is 2.21. The maximum absolute atomic E-state index is 5.86. The fourth-order valence-electron chi connectivity index (χ4n) is 1.11. The molecule has 0 aliphatic carbocycles. The highest BCUT2D eigenvalue weighted by atomic mass is 35.5. The van der Waals surface area contributed by atoms with Gasteiger partial charge < -0.3 is 0 Å². The van der Waals surface area contributed by atoms with Gasteiger partial charge in [-0.05, 0) is 6.92 Å². The van der Waals surface area contributed by atoms with Crippen molar-refractivity contribution in [3.8, 4) is 11.4 Å². The fraction of sp³-hybridized carbons (Fsp3) is 0.111. The Morgan fingerprint density at radius 1 is 1.14 bits per heavy atom. The van der Waals surface area contributed by atoms with Gasteiger partial charge in [-0.3, -0.25) is 9.97 Å². The van der Waals surface area contributed by atoms with Gasteiger partial charge in [0.15, 0.2) is 0 Å². The third-order valence-electron chi connectivity index (χ3n) is 1.83. The Morgan fingerprint density at radius 2 is 2.00 bits per heavy atom. The van der Waals surface area contributed by atoms with Gasteiger partial charge in [0.05, 0.1) is 11.9 Å². The van der Waals surface area contributed by atoms with E-state index in [2.05, 4.69) is 19.9 Å². The van der Waals surface area contributed by atoms with Crippen LogP contribution >= 0.6 is 11.6 Å². The van der Waals surface area contributed by atoms with Crippen molar-refractivity contribution in [2.75, 3.05) is 0 Å². The molecule has 0 radical (unpaired) electrons. The predicted molar refractivity (Wildman–Crippen MR) is 52.8 cm³/mol. The summed E-state index contributed by atoms with van der Waals surface area (Å²) in [7, 11) is 0. The number of hydrogen-bond acceptors (Lipinski definition) is 4. The maximum Gasteiger partial charge on any atom is 0.136 e. The van der Waals surface area contributed by atoms with Gasteiger partial charge in [-0.1, -0.05) is 11.6 Å². The molecule has 0 unspecified atom stereocenters. The number of nitrogens with zero attached hydrogens (tertiary/aromatic N) is 4. The molecule has 0 atom stereocenters. The highest BCUT2D eigenvalue weighted by molar-refractivity contribution is 6.30. The molecule has 0 amide bonds. The molecule has 2 heterocycles. The number of aromatic nitrogens is 4. The molecule has 0 aliphatic rings. The Bertz CT molecular complexity index is 444. The largest absolute Gasteiger partial charge is 0.261 e. The van der Waals surface area contributed by atoms with E-state index in [-0.39, 0.29) is 0 Å². The van der Waals surface area contributed by atoms with Crippen LogP contribution in [0.25, 0.3) is 11.4 Å². The van der Waals surface area contributed by atoms with Crippen molar-refractivity contribution >= 4 is 11.6 Å². The van der Waals surface area contributed by atoms with E-state index in [4.69, 9.17) is 11.6 Å². The molecule has 0 fully saturated rings. The lowest BCUT2D eigenvalue weighted by Crippen LogP contribution is -1.94. The zero-order chi connectivity index (χ0) is 9.97. The molecule has 5 heteroatoms. The van der Waals surface area contributed by atoms with Crippen LogP contribution in [0.2, 0.25) is 5.15 Å². The van der Waals surface area contributed by atoms with Gasteiger partial charge in [0.1, 0.15) is 17.2 Å². The molecule has 0 spiro atoms. The van der Waals surface area contributed by atoms with Crippen molar-refractivity contribution < 1.29 is 0 Å². The normalized spacial score (nSPS) is 10.1. The van der Waals surface area contributed by atoms with Crippen molar-refractivity contribution in [1.29, 1.82) is 0 Å². The molecule has 0 aromatic carbocycles. The Hall–Kier alpha value is -1.55. The first kappa shape index (κ1) is 9.02. The molecule has 14 heavy (non-hydrogen) atoms. The van der Waals surface area contributed by atoms with Crippen LogP contribution in [0.5, 0.6) is 0 Å². The molecule has 2 aromatic rings. The lowest BCUT2D eigenvalue weighted by atomic mass is 10.2. The SMILES string of the molecule is Cc1c(Cl)ncnc1-c1cnccn1. The molecule has 70 valence electrons. The molecule has 0 N–H and O–H groups in total. The van der Waals surface area contributed by atoms with Gasteiger partial charge in [0.2, 0.25) is 0 Å². The molecule has 4 nitrogen and oxygen atoms in total. The summed E-state index contributed by atoms with van der Waals surface area (Å²) in [5.41, 5.74) is 2.24. The summed E-state index contributed by atoms with van der Waals surface area (Å²) < 4.78 is 0. The Labute approximate surface area is 86.0 Å². The zero-order valence-electron chi connectivity index (χ0n) is 7.48. The van der Waals surface area contributed by atoms with Crippen molar-refractivity contribution in [2.45, 2.75) is 6.92 Å². The Kier molecular flexibility index (Phi) is 2.37. The average Bonchev–Trinajstić information content (AvgIpc) is 2.23. The van der Waals surface area contributed by atoms with Crippen LogP contribution in [0.4, 0.5) is 0 Å². The number of halogens is 1. The predicted octanol–water partition coefficient (Wildman–Crippen LogP) is 1.90. The molecule has 0 saturated carbocycles. The minimum absolute atomic E-state index is 0.445. The summed E-state index contributed by atoms with van der Waals surface area (Å²) in [4.78, 5) is 16.1. The third kappa shape index (κ3) is 1.56. The summed E-state index contributed by atoms with van der Waals surface area (Å²) in [5.74, 6) is 0. The second kappa shape index (κ2) is 3.67. The first-order chi connectivity index (χ1) is 6.79. The maximum atomic E-state index is 5.86. The van der Waals surface area contributed by atoms with Gasteiger partial charge >= 0.3 is 0 Å². The van der Waals surface area contributed by atoms with Gasteiger partial charge in [-0.25, -0.2) is 9.97 Å². The standard InChI is InChI=1S/C9H7ClN4/c1-6-8(13-5-14-9(6)10)7-4-11-2-3-12-7/h2-5H,1H3. The number of hydrogen-bond donors (Lipinski definition) is 0. The summed E-state index contributed by atoms with van der Waals surface area (Å²) >= 11 is 5.86. The second-order valence-electron chi connectivity index (χ2n) is 2.73. The quantitative estimate of drug-likeness (QED) is 0.669. The molecule has 0 bridgehead atoms. The van der Waals surface area contributed by atoms with E-state index < -0.39 is 0 Å². The van der Waals surface area contributed by atoms with Crippen molar-refractivity contribution in [3.63, 3.8) is 0 Å². The van der Waals surface area contributed by atoms with Gasteiger partial charge in [0, 0.05) is 18.0 Å². The lowest BCUT2D eigenvalue weighted by molar-refractivity contribution is 1.10. The van der Waals surface area contributed by atoms with E-state index in [0.29, 0.717) is 10.8 Å².